The summed E-state index contributed by atoms with van der Waals surface area (Å²) in [5.74, 6) is 1.17. The molecule has 0 spiro atoms. The van der Waals surface area contributed by atoms with Crippen LogP contribution in [0.5, 0.6) is 0 Å². The van der Waals surface area contributed by atoms with Crippen LogP contribution in [0.2, 0.25) is 0 Å². The maximum absolute atomic E-state index is 5.03. The molecule has 3 nitrogen and oxygen atoms in total. The number of rotatable bonds is 2. The molecule has 0 aliphatic carbocycles. The predicted octanol–water partition coefficient (Wildman–Crippen LogP) is 5.73. The number of anilines is 1. The summed E-state index contributed by atoms with van der Waals surface area (Å²) in [7, 11) is 0. The fraction of sp³-hybridized carbons (Fsp3) is 0.316. The summed E-state index contributed by atoms with van der Waals surface area (Å²) in [5.41, 5.74) is 6.14. The lowest BCUT2D eigenvalue weighted by molar-refractivity contribution is 0.780. The predicted molar refractivity (Wildman–Crippen MR) is 105 cm³/mol. The Hall–Kier alpha value is -1.59. The topological polar surface area (TPSA) is 29.9 Å². The van der Waals surface area contributed by atoms with Gasteiger partial charge in [0.2, 0.25) is 0 Å². The van der Waals surface area contributed by atoms with Gasteiger partial charge in [0.15, 0.2) is 0 Å². The van der Waals surface area contributed by atoms with Crippen LogP contribution in [0.25, 0.3) is 16.3 Å². The largest absolute Gasteiger partial charge is 0.370 e. The minimum Gasteiger partial charge on any atom is -0.370 e. The molecule has 0 radical (unpaired) electrons. The van der Waals surface area contributed by atoms with Gasteiger partial charge in [-0.05, 0) is 78.4 Å². The van der Waals surface area contributed by atoms with E-state index in [-0.39, 0.29) is 0 Å². The fourth-order valence-electron chi connectivity index (χ4n) is 3.26. The lowest BCUT2D eigenvalue weighted by Gasteiger charge is -2.12. The third-order valence-corrected chi connectivity index (χ3v) is 6.16. The van der Waals surface area contributed by atoms with Crippen molar-refractivity contribution in [3.05, 3.63) is 50.8 Å². The van der Waals surface area contributed by atoms with E-state index in [1.165, 1.54) is 45.9 Å². The zero-order valence-corrected chi connectivity index (χ0v) is 16.3. The standard InChI is InChI=1S/C19H20BrN3S/c1-12-6-7-13(2)15(11-12)23-19-14(5-3-4-10-21-19)18(22-23)16-8-9-17(20)24-16/h6-9,11,21H,3-5,10H2,1-2H3. The van der Waals surface area contributed by atoms with Gasteiger partial charge in [0.25, 0.3) is 0 Å². The first-order valence-electron chi connectivity index (χ1n) is 8.32. The van der Waals surface area contributed by atoms with Crippen molar-refractivity contribution in [2.45, 2.75) is 33.1 Å². The van der Waals surface area contributed by atoms with Crippen molar-refractivity contribution < 1.29 is 0 Å². The molecule has 24 heavy (non-hydrogen) atoms. The maximum Gasteiger partial charge on any atom is 0.133 e. The van der Waals surface area contributed by atoms with Crippen LogP contribution in [0.15, 0.2) is 34.1 Å². The van der Waals surface area contributed by atoms with Crippen LogP contribution < -0.4 is 5.32 Å². The molecule has 1 aliphatic heterocycles. The number of hydrogen-bond acceptors (Lipinski definition) is 3. The van der Waals surface area contributed by atoms with Crippen molar-refractivity contribution in [1.82, 2.24) is 9.78 Å². The SMILES string of the molecule is Cc1ccc(C)c(-n2nc(-c3ccc(Br)s3)c3c2NCCCC3)c1. The average molecular weight is 402 g/mol. The summed E-state index contributed by atoms with van der Waals surface area (Å²) in [5, 5.41) is 8.66. The van der Waals surface area contributed by atoms with Gasteiger partial charge in [-0.1, -0.05) is 12.1 Å². The number of benzene rings is 1. The minimum absolute atomic E-state index is 1.01. The van der Waals surface area contributed by atoms with Crippen LogP contribution in [0.4, 0.5) is 5.82 Å². The zero-order valence-electron chi connectivity index (χ0n) is 13.9. The van der Waals surface area contributed by atoms with Gasteiger partial charge in [0.05, 0.1) is 14.4 Å². The summed E-state index contributed by atoms with van der Waals surface area (Å²) in [6, 6.07) is 10.8. The summed E-state index contributed by atoms with van der Waals surface area (Å²) in [4.78, 5) is 1.23. The zero-order chi connectivity index (χ0) is 16.7. The maximum atomic E-state index is 5.03. The molecule has 0 unspecified atom stereocenters. The highest BCUT2D eigenvalue weighted by molar-refractivity contribution is 9.11. The molecule has 0 bridgehead atoms. The number of aryl methyl sites for hydroxylation is 2. The second kappa shape index (κ2) is 6.37. The smallest absolute Gasteiger partial charge is 0.133 e. The fourth-order valence-corrected chi connectivity index (χ4v) is 4.66. The second-order valence-electron chi connectivity index (χ2n) is 6.37. The van der Waals surface area contributed by atoms with E-state index in [2.05, 4.69) is 70.1 Å². The van der Waals surface area contributed by atoms with Gasteiger partial charge in [-0.15, -0.1) is 11.3 Å². The summed E-state index contributed by atoms with van der Waals surface area (Å²) in [6.07, 6.45) is 3.49. The Labute approximate surface area is 154 Å². The molecule has 1 aliphatic rings. The van der Waals surface area contributed by atoms with Crippen molar-refractivity contribution >= 4 is 33.1 Å². The molecule has 4 rings (SSSR count). The van der Waals surface area contributed by atoms with Crippen molar-refractivity contribution in [3.63, 3.8) is 0 Å². The van der Waals surface area contributed by atoms with Crippen LogP contribution in [0.1, 0.15) is 29.5 Å². The lowest BCUT2D eigenvalue weighted by atomic mass is 10.1. The Morgan fingerprint density at radius 2 is 2.04 bits per heavy atom. The Morgan fingerprint density at radius 3 is 2.83 bits per heavy atom. The van der Waals surface area contributed by atoms with E-state index in [1.54, 1.807) is 11.3 Å². The van der Waals surface area contributed by atoms with E-state index < -0.39 is 0 Å². The van der Waals surface area contributed by atoms with Crippen LogP contribution in [-0.2, 0) is 6.42 Å². The van der Waals surface area contributed by atoms with Crippen LogP contribution >= 0.6 is 27.3 Å². The third-order valence-electron chi connectivity index (χ3n) is 4.53. The van der Waals surface area contributed by atoms with Crippen LogP contribution in [-0.4, -0.2) is 16.3 Å². The van der Waals surface area contributed by atoms with Gasteiger partial charge in [0, 0.05) is 12.1 Å². The van der Waals surface area contributed by atoms with E-state index in [4.69, 9.17) is 5.10 Å². The molecule has 2 aromatic heterocycles. The second-order valence-corrected chi connectivity index (χ2v) is 8.83. The number of nitrogens with one attached hydrogen (secondary N) is 1. The molecular weight excluding hydrogens is 382 g/mol. The van der Waals surface area contributed by atoms with Gasteiger partial charge >= 0.3 is 0 Å². The average Bonchev–Trinajstić information content (AvgIpc) is 3.05. The first-order valence-corrected chi connectivity index (χ1v) is 9.93. The third kappa shape index (κ3) is 2.80. The molecule has 3 aromatic rings. The first-order chi connectivity index (χ1) is 11.6. The Balaban J connectivity index is 1.94. The van der Waals surface area contributed by atoms with Crippen molar-refractivity contribution in [2.24, 2.45) is 0 Å². The summed E-state index contributed by atoms with van der Waals surface area (Å²) < 4.78 is 3.26. The normalized spacial score (nSPS) is 14.1. The number of nitrogens with zero attached hydrogens (tertiary/aromatic N) is 2. The van der Waals surface area contributed by atoms with Gasteiger partial charge in [-0.25, -0.2) is 4.68 Å². The first kappa shape index (κ1) is 15.9. The number of fused-ring (bicyclic) bond motifs is 1. The number of hydrogen-bond donors (Lipinski definition) is 1. The lowest BCUT2D eigenvalue weighted by Crippen LogP contribution is -2.08. The highest BCUT2D eigenvalue weighted by atomic mass is 79.9. The van der Waals surface area contributed by atoms with Gasteiger partial charge in [-0.3, -0.25) is 0 Å². The molecule has 0 amide bonds. The quantitative estimate of drug-likeness (QED) is 0.594. The molecule has 0 fully saturated rings. The van der Waals surface area contributed by atoms with Gasteiger partial charge in [0.1, 0.15) is 11.5 Å². The van der Waals surface area contributed by atoms with Crippen molar-refractivity contribution in [1.29, 1.82) is 0 Å². The van der Waals surface area contributed by atoms with Gasteiger partial charge in [-0.2, -0.15) is 5.10 Å². The number of halogens is 1. The summed E-state index contributed by atoms with van der Waals surface area (Å²) >= 11 is 5.33. The molecule has 1 N–H and O–H groups in total. The Kier molecular flexibility index (Phi) is 4.22. The molecule has 5 heteroatoms. The van der Waals surface area contributed by atoms with E-state index in [9.17, 15) is 0 Å². The highest BCUT2D eigenvalue weighted by Gasteiger charge is 2.23. The Bertz CT molecular complexity index is 894. The van der Waals surface area contributed by atoms with E-state index in [1.807, 2.05) is 0 Å². The van der Waals surface area contributed by atoms with E-state index in [0.717, 1.165) is 22.4 Å². The molecule has 1 aromatic carbocycles. The molecule has 3 heterocycles. The highest BCUT2D eigenvalue weighted by Crippen LogP contribution is 2.38. The van der Waals surface area contributed by atoms with E-state index >= 15 is 0 Å². The Morgan fingerprint density at radius 1 is 1.17 bits per heavy atom. The van der Waals surface area contributed by atoms with Gasteiger partial charge < -0.3 is 5.32 Å². The van der Waals surface area contributed by atoms with Crippen LogP contribution in [0.3, 0.4) is 0 Å². The van der Waals surface area contributed by atoms with Crippen molar-refractivity contribution in [2.75, 3.05) is 11.9 Å². The number of thiophene rings is 1. The molecule has 0 saturated carbocycles. The van der Waals surface area contributed by atoms with E-state index in [0.29, 0.717) is 0 Å². The number of aromatic nitrogens is 2. The minimum atomic E-state index is 1.01. The molecule has 0 atom stereocenters. The van der Waals surface area contributed by atoms with Crippen LogP contribution in [0, 0.1) is 13.8 Å². The molecular formula is C19H20BrN3S. The van der Waals surface area contributed by atoms with Crippen molar-refractivity contribution in [3.8, 4) is 16.3 Å². The summed E-state index contributed by atoms with van der Waals surface area (Å²) in [6.45, 7) is 5.30. The monoisotopic (exact) mass is 401 g/mol. The molecule has 0 saturated heterocycles. The molecule has 124 valence electrons.